The normalized spacial score (nSPS) is 22.7. The van der Waals surface area contributed by atoms with Crippen molar-refractivity contribution >= 4 is 22.8 Å². The molecule has 1 fully saturated rings. The van der Waals surface area contributed by atoms with Crippen molar-refractivity contribution in [3.8, 4) is 11.5 Å². The van der Waals surface area contributed by atoms with Crippen molar-refractivity contribution < 1.29 is 18.6 Å². The number of carbonyl (C=O) groups excluding carboxylic acids is 1. The van der Waals surface area contributed by atoms with Crippen LogP contribution in [0.2, 0.25) is 0 Å². The van der Waals surface area contributed by atoms with Crippen LogP contribution in [-0.4, -0.2) is 30.8 Å². The van der Waals surface area contributed by atoms with E-state index in [1.54, 1.807) is 24.5 Å². The van der Waals surface area contributed by atoms with Gasteiger partial charge in [-0.1, -0.05) is 0 Å². The molecule has 1 aliphatic carbocycles. The Kier molecular flexibility index (Phi) is 3.68. The largest absolute Gasteiger partial charge is 0.450 e. The Morgan fingerprint density at radius 1 is 1.19 bits per heavy atom. The lowest BCUT2D eigenvalue weighted by molar-refractivity contribution is -0.0345. The Bertz CT molecular complexity index is 1340. The highest BCUT2D eigenvalue weighted by molar-refractivity contribution is 5.94. The quantitative estimate of drug-likeness (QED) is 0.490. The molecule has 10 heteroatoms. The lowest BCUT2D eigenvalue weighted by Crippen LogP contribution is -2.33. The van der Waals surface area contributed by atoms with Crippen LogP contribution in [0.25, 0.3) is 22.6 Å². The highest BCUT2D eigenvalue weighted by Gasteiger charge is 2.48. The number of pyridine rings is 1. The van der Waals surface area contributed by atoms with Crippen LogP contribution < -0.4 is 5.73 Å². The van der Waals surface area contributed by atoms with Gasteiger partial charge in [-0.15, -0.1) is 0 Å². The minimum atomic E-state index is -0.658. The number of hydrogen-bond acceptors (Lipinski definition) is 8. The number of fused-ring (bicyclic) bond motifs is 3. The SMILES string of the molecule is Nc1nonc1-c1nc2cc(F)ccc2n1C1CCC2(CC1)OC(=O)c1ccncc12. The van der Waals surface area contributed by atoms with Crippen molar-refractivity contribution in [3.63, 3.8) is 0 Å². The third-order valence-electron chi connectivity index (χ3n) is 6.33. The van der Waals surface area contributed by atoms with Crippen LogP contribution in [0, 0.1) is 5.82 Å². The van der Waals surface area contributed by atoms with Crippen molar-refractivity contribution in [2.45, 2.75) is 37.3 Å². The maximum atomic E-state index is 13.8. The Morgan fingerprint density at radius 2 is 2.03 bits per heavy atom. The molecule has 4 aromatic rings. The molecule has 0 saturated heterocycles. The number of esters is 1. The van der Waals surface area contributed by atoms with Crippen molar-refractivity contribution in [1.82, 2.24) is 24.8 Å². The standard InChI is InChI=1S/C21H17FN6O3/c22-11-1-2-16-15(9-11)25-19(17-18(23)27-31-26-17)28(16)12-3-6-21(7-4-12)14-10-24-8-5-13(14)20(29)30-21/h1-2,5,8-10,12H,3-4,6-7H2,(H2,23,27). The van der Waals surface area contributed by atoms with Crippen molar-refractivity contribution in [3.05, 3.63) is 53.6 Å². The molecule has 1 spiro atoms. The van der Waals surface area contributed by atoms with Gasteiger partial charge in [-0.05, 0) is 54.2 Å². The molecule has 3 aromatic heterocycles. The second-order valence-electron chi connectivity index (χ2n) is 7.97. The van der Waals surface area contributed by atoms with Crippen LogP contribution in [0.4, 0.5) is 10.2 Å². The molecular weight excluding hydrogens is 403 g/mol. The highest BCUT2D eigenvalue weighted by atomic mass is 19.1. The van der Waals surface area contributed by atoms with Gasteiger partial charge in [0.1, 0.15) is 11.4 Å². The first kappa shape index (κ1) is 18.0. The highest BCUT2D eigenvalue weighted by Crippen LogP contribution is 2.50. The number of nitrogens with two attached hydrogens (primary N) is 1. The van der Waals surface area contributed by atoms with E-state index in [0.717, 1.165) is 11.1 Å². The summed E-state index contributed by atoms with van der Waals surface area (Å²) < 4.78 is 26.5. The van der Waals surface area contributed by atoms with Crippen molar-refractivity contribution in [1.29, 1.82) is 0 Å². The lowest BCUT2D eigenvalue weighted by Gasteiger charge is -2.37. The van der Waals surface area contributed by atoms with Gasteiger partial charge in [-0.25, -0.2) is 18.8 Å². The number of nitrogens with zero attached hydrogens (tertiary/aromatic N) is 5. The predicted octanol–water partition coefficient (Wildman–Crippen LogP) is 3.38. The molecule has 0 amide bonds. The molecule has 156 valence electrons. The Labute approximate surface area is 175 Å². The van der Waals surface area contributed by atoms with Gasteiger partial charge in [-0.3, -0.25) is 4.98 Å². The zero-order valence-corrected chi connectivity index (χ0v) is 16.3. The van der Waals surface area contributed by atoms with Crippen molar-refractivity contribution in [2.24, 2.45) is 0 Å². The molecule has 1 saturated carbocycles. The number of halogens is 1. The molecule has 6 rings (SSSR count). The van der Waals surface area contributed by atoms with Crippen LogP contribution in [0.3, 0.4) is 0 Å². The van der Waals surface area contributed by atoms with E-state index in [0.29, 0.717) is 48.3 Å². The average Bonchev–Trinajstić information content (AvgIpc) is 3.43. The van der Waals surface area contributed by atoms with Crippen LogP contribution >= 0.6 is 0 Å². The Morgan fingerprint density at radius 3 is 2.81 bits per heavy atom. The molecule has 1 aromatic carbocycles. The summed E-state index contributed by atoms with van der Waals surface area (Å²) in [5.74, 6) is -0.0825. The maximum absolute atomic E-state index is 13.8. The molecule has 2 aliphatic rings. The van der Waals surface area contributed by atoms with E-state index in [1.807, 2.05) is 4.57 Å². The smallest absolute Gasteiger partial charge is 0.339 e. The molecule has 2 N–H and O–H groups in total. The Hall–Kier alpha value is -3.82. The third-order valence-corrected chi connectivity index (χ3v) is 6.33. The minimum absolute atomic E-state index is 0.0200. The number of nitrogen functional groups attached to an aromatic ring is 1. The number of rotatable bonds is 2. The monoisotopic (exact) mass is 420 g/mol. The average molecular weight is 420 g/mol. The lowest BCUT2D eigenvalue weighted by atomic mass is 9.78. The number of benzene rings is 1. The van der Waals surface area contributed by atoms with Gasteiger partial charge in [0, 0.05) is 30.1 Å². The van der Waals surface area contributed by atoms with E-state index < -0.39 is 5.60 Å². The predicted molar refractivity (Wildman–Crippen MR) is 106 cm³/mol. The number of aromatic nitrogens is 5. The molecule has 0 radical (unpaired) electrons. The summed E-state index contributed by atoms with van der Waals surface area (Å²) in [5.41, 5.74) is 8.29. The van der Waals surface area contributed by atoms with E-state index in [-0.39, 0.29) is 23.6 Å². The zero-order valence-electron chi connectivity index (χ0n) is 16.3. The topological polar surface area (TPSA) is 122 Å². The molecule has 0 bridgehead atoms. The van der Waals surface area contributed by atoms with Gasteiger partial charge >= 0.3 is 5.97 Å². The molecule has 1 aliphatic heterocycles. The summed E-state index contributed by atoms with van der Waals surface area (Å²) >= 11 is 0. The van der Waals surface area contributed by atoms with Gasteiger partial charge in [0.05, 0.1) is 16.6 Å². The van der Waals surface area contributed by atoms with Crippen LogP contribution in [0.1, 0.15) is 47.6 Å². The first-order chi connectivity index (χ1) is 15.1. The summed E-state index contributed by atoms with van der Waals surface area (Å²) in [6.07, 6.45) is 6.02. The Balaban J connectivity index is 1.41. The molecule has 31 heavy (non-hydrogen) atoms. The van der Waals surface area contributed by atoms with E-state index in [2.05, 4.69) is 20.3 Å². The van der Waals surface area contributed by atoms with E-state index >= 15 is 0 Å². The summed E-state index contributed by atoms with van der Waals surface area (Å²) in [6.45, 7) is 0. The number of hydrogen-bond donors (Lipinski definition) is 1. The maximum Gasteiger partial charge on any atom is 0.339 e. The molecule has 4 heterocycles. The fourth-order valence-electron chi connectivity index (χ4n) is 4.88. The second kappa shape index (κ2) is 6.34. The van der Waals surface area contributed by atoms with Gasteiger partial charge in [0.25, 0.3) is 0 Å². The van der Waals surface area contributed by atoms with Gasteiger partial charge in [0.15, 0.2) is 17.3 Å². The first-order valence-corrected chi connectivity index (χ1v) is 9.99. The summed E-state index contributed by atoms with van der Waals surface area (Å²) in [6, 6.07) is 6.20. The van der Waals surface area contributed by atoms with Gasteiger partial charge < -0.3 is 15.0 Å². The zero-order chi connectivity index (χ0) is 21.2. The summed E-state index contributed by atoms with van der Waals surface area (Å²) in [4.78, 5) is 21.1. The number of imidazole rings is 1. The van der Waals surface area contributed by atoms with Gasteiger partial charge in [0.2, 0.25) is 0 Å². The van der Waals surface area contributed by atoms with Crippen molar-refractivity contribution in [2.75, 3.05) is 5.73 Å². The van der Waals surface area contributed by atoms with E-state index in [4.69, 9.17) is 15.1 Å². The number of anilines is 1. The second-order valence-corrected chi connectivity index (χ2v) is 7.97. The molecule has 9 nitrogen and oxygen atoms in total. The molecule has 0 atom stereocenters. The number of ether oxygens (including phenoxy) is 1. The first-order valence-electron chi connectivity index (χ1n) is 9.99. The van der Waals surface area contributed by atoms with E-state index in [9.17, 15) is 9.18 Å². The van der Waals surface area contributed by atoms with Crippen LogP contribution in [0.5, 0.6) is 0 Å². The fourth-order valence-corrected chi connectivity index (χ4v) is 4.88. The molecular formula is C21H17FN6O3. The van der Waals surface area contributed by atoms with Crippen LogP contribution in [-0.2, 0) is 10.3 Å². The number of carbonyl (C=O) groups is 1. The molecule has 0 unspecified atom stereocenters. The van der Waals surface area contributed by atoms with E-state index in [1.165, 1.54) is 12.1 Å². The minimum Gasteiger partial charge on any atom is -0.450 e. The van der Waals surface area contributed by atoms with Crippen LogP contribution in [0.15, 0.2) is 41.3 Å². The van der Waals surface area contributed by atoms with Gasteiger partial charge in [-0.2, -0.15) is 0 Å². The third kappa shape index (κ3) is 2.57. The summed E-state index contributed by atoms with van der Waals surface area (Å²) in [7, 11) is 0. The fraction of sp³-hybridized carbons (Fsp3) is 0.286. The summed E-state index contributed by atoms with van der Waals surface area (Å²) in [5, 5.41) is 7.56.